The van der Waals surface area contributed by atoms with Gasteiger partial charge in [0.2, 0.25) is 5.91 Å². The number of hydrogen-bond acceptors (Lipinski definition) is 2. The summed E-state index contributed by atoms with van der Waals surface area (Å²) in [6, 6.07) is 0. The number of imidazole rings is 1. The van der Waals surface area contributed by atoms with Gasteiger partial charge in [-0.05, 0) is 0 Å². The van der Waals surface area contributed by atoms with Gasteiger partial charge in [0.25, 0.3) is 0 Å². The summed E-state index contributed by atoms with van der Waals surface area (Å²) < 4.78 is 1.86. The minimum absolute atomic E-state index is 0.0435. The second-order valence-corrected chi connectivity index (χ2v) is 3.05. The average molecular weight is 202 g/mol. The van der Waals surface area contributed by atoms with Crippen LogP contribution in [-0.2, 0) is 18.4 Å². The molecule has 13 heavy (non-hydrogen) atoms. The van der Waals surface area contributed by atoms with Crippen LogP contribution in [-0.4, -0.2) is 21.3 Å². The molecule has 0 fully saturated rings. The molecule has 0 saturated heterocycles. The van der Waals surface area contributed by atoms with Crippen LogP contribution >= 0.6 is 11.6 Å². The minimum atomic E-state index is -0.0435. The number of aryl methyl sites for hydroxylation is 1. The van der Waals surface area contributed by atoms with Crippen LogP contribution in [0.25, 0.3) is 0 Å². The molecule has 0 aliphatic heterocycles. The summed E-state index contributed by atoms with van der Waals surface area (Å²) in [6.07, 6.45) is 3.89. The fraction of sp³-hybridized carbons (Fsp3) is 0.500. The van der Waals surface area contributed by atoms with Crippen LogP contribution in [0, 0.1) is 0 Å². The van der Waals surface area contributed by atoms with Gasteiger partial charge >= 0.3 is 0 Å². The van der Waals surface area contributed by atoms with E-state index < -0.39 is 0 Å². The van der Waals surface area contributed by atoms with Gasteiger partial charge < -0.3 is 9.88 Å². The highest BCUT2D eigenvalue weighted by Crippen LogP contribution is 1.93. The zero-order valence-corrected chi connectivity index (χ0v) is 8.21. The van der Waals surface area contributed by atoms with Crippen molar-refractivity contribution in [3.63, 3.8) is 0 Å². The summed E-state index contributed by atoms with van der Waals surface area (Å²) >= 11 is 5.41. The Hall–Kier alpha value is -1.03. The first-order chi connectivity index (χ1) is 6.24. The number of rotatable bonds is 4. The van der Waals surface area contributed by atoms with Crippen molar-refractivity contribution in [1.82, 2.24) is 14.9 Å². The molecule has 5 heteroatoms. The van der Waals surface area contributed by atoms with Gasteiger partial charge in [0.1, 0.15) is 5.82 Å². The first-order valence-corrected chi connectivity index (χ1v) is 4.56. The molecule has 72 valence electrons. The molecule has 0 aliphatic rings. The fourth-order valence-electron chi connectivity index (χ4n) is 0.919. The molecule has 0 saturated carbocycles. The number of alkyl halides is 1. The van der Waals surface area contributed by atoms with Crippen LogP contribution in [0.2, 0.25) is 0 Å². The number of nitrogens with zero attached hydrogens (tertiary/aromatic N) is 2. The maximum Gasteiger partial charge on any atom is 0.221 e. The van der Waals surface area contributed by atoms with Gasteiger partial charge in [-0.15, -0.1) is 11.6 Å². The zero-order chi connectivity index (χ0) is 9.68. The van der Waals surface area contributed by atoms with E-state index in [0.717, 1.165) is 5.82 Å². The Bertz CT molecular complexity index is 285. The molecular formula is C8H12ClN3O. The number of amides is 1. The standard InChI is InChI=1S/C8H12ClN3O/c1-12-5-4-10-7(12)6-11-8(13)2-3-9/h4-5H,2-3,6H2,1H3,(H,11,13). The molecule has 0 unspecified atom stereocenters. The molecule has 1 N–H and O–H groups in total. The molecule has 0 spiro atoms. The molecule has 1 amide bonds. The summed E-state index contributed by atoms with van der Waals surface area (Å²) in [4.78, 5) is 15.1. The van der Waals surface area contributed by atoms with E-state index in [0.29, 0.717) is 18.8 Å². The molecule has 4 nitrogen and oxygen atoms in total. The Balaban J connectivity index is 2.35. The number of halogens is 1. The van der Waals surface area contributed by atoms with Gasteiger partial charge in [-0.2, -0.15) is 0 Å². The highest BCUT2D eigenvalue weighted by atomic mass is 35.5. The van der Waals surface area contributed by atoms with E-state index in [1.165, 1.54) is 0 Å². The van der Waals surface area contributed by atoms with Gasteiger partial charge in [0.15, 0.2) is 0 Å². The predicted molar refractivity (Wildman–Crippen MR) is 50.4 cm³/mol. The largest absolute Gasteiger partial charge is 0.349 e. The Morgan fingerprint density at radius 1 is 1.77 bits per heavy atom. The van der Waals surface area contributed by atoms with E-state index in [1.54, 1.807) is 6.20 Å². The summed E-state index contributed by atoms with van der Waals surface area (Å²) in [5.74, 6) is 1.15. The Labute approximate surface area is 81.9 Å². The summed E-state index contributed by atoms with van der Waals surface area (Å²) in [5.41, 5.74) is 0. The first-order valence-electron chi connectivity index (χ1n) is 4.03. The smallest absolute Gasteiger partial charge is 0.221 e. The monoisotopic (exact) mass is 201 g/mol. The van der Waals surface area contributed by atoms with E-state index >= 15 is 0 Å². The Morgan fingerprint density at radius 3 is 3.08 bits per heavy atom. The molecule has 1 aromatic heterocycles. The highest BCUT2D eigenvalue weighted by Gasteiger charge is 2.02. The Kier molecular flexibility index (Phi) is 3.76. The van der Waals surface area contributed by atoms with Crippen molar-refractivity contribution >= 4 is 17.5 Å². The first kappa shape index (κ1) is 10.1. The quantitative estimate of drug-likeness (QED) is 0.728. The van der Waals surface area contributed by atoms with E-state index in [1.807, 2.05) is 17.8 Å². The number of aromatic nitrogens is 2. The number of hydrogen-bond donors (Lipinski definition) is 1. The van der Waals surface area contributed by atoms with E-state index in [-0.39, 0.29) is 5.91 Å². The van der Waals surface area contributed by atoms with Crippen molar-refractivity contribution in [2.45, 2.75) is 13.0 Å². The third-order valence-corrected chi connectivity index (χ3v) is 1.88. The van der Waals surface area contributed by atoms with Crippen LogP contribution in [0.15, 0.2) is 12.4 Å². The van der Waals surface area contributed by atoms with Gasteiger partial charge in [-0.3, -0.25) is 4.79 Å². The van der Waals surface area contributed by atoms with E-state index in [9.17, 15) is 4.79 Å². The lowest BCUT2D eigenvalue weighted by molar-refractivity contribution is -0.120. The molecule has 0 atom stereocenters. The SMILES string of the molecule is Cn1ccnc1CNC(=O)CCCl. The van der Waals surface area contributed by atoms with Crippen LogP contribution < -0.4 is 5.32 Å². The van der Waals surface area contributed by atoms with Gasteiger partial charge in [-0.1, -0.05) is 0 Å². The molecule has 0 radical (unpaired) electrons. The van der Waals surface area contributed by atoms with Crippen molar-refractivity contribution in [3.8, 4) is 0 Å². The van der Waals surface area contributed by atoms with Crippen LogP contribution in [0.5, 0.6) is 0 Å². The van der Waals surface area contributed by atoms with Gasteiger partial charge in [0, 0.05) is 31.7 Å². The topological polar surface area (TPSA) is 46.9 Å². The van der Waals surface area contributed by atoms with Gasteiger partial charge in [-0.25, -0.2) is 4.98 Å². The van der Waals surface area contributed by atoms with E-state index in [4.69, 9.17) is 11.6 Å². The second-order valence-electron chi connectivity index (χ2n) is 2.67. The molecule has 1 aromatic rings. The van der Waals surface area contributed by atoms with Crippen molar-refractivity contribution in [1.29, 1.82) is 0 Å². The van der Waals surface area contributed by atoms with Crippen molar-refractivity contribution in [2.75, 3.05) is 5.88 Å². The zero-order valence-electron chi connectivity index (χ0n) is 7.46. The molecule has 0 aromatic carbocycles. The fourth-order valence-corrected chi connectivity index (χ4v) is 1.09. The maximum atomic E-state index is 11.0. The van der Waals surface area contributed by atoms with Crippen molar-refractivity contribution in [2.24, 2.45) is 7.05 Å². The van der Waals surface area contributed by atoms with Crippen LogP contribution in [0.3, 0.4) is 0 Å². The summed E-state index contributed by atoms with van der Waals surface area (Å²) in [7, 11) is 1.88. The lowest BCUT2D eigenvalue weighted by Gasteiger charge is -2.03. The van der Waals surface area contributed by atoms with Gasteiger partial charge in [0.05, 0.1) is 6.54 Å². The summed E-state index contributed by atoms with van der Waals surface area (Å²) in [6.45, 7) is 0.458. The molecule has 0 aliphatic carbocycles. The number of nitrogens with one attached hydrogen (secondary N) is 1. The Morgan fingerprint density at radius 2 is 2.54 bits per heavy atom. The molecular weight excluding hydrogens is 190 g/mol. The third kappa shape index (κ3) is 3.06. The second kappa shape index (κ2) is 4.87. The lowest BCUT2D eigenvalue weighted by atomic mass is 10.4. The average Bonchev–Trinajstić information content (AvgIpc) is 2.48. The normalized spacial score (nSPS) is 10.0. The minimum Gasteiger partial charge on any atom is -0.349 e. The van der Waals surface area contributed by atoms with Crippen LogP contribution in [0.4, 0.5) is 0 Å². The van der Waals surface area contributed by atoms with Crippen molar-refractivity contribution < 1.29 is 4.79 Å². The van der Waals surface area contributed by atoms with Crippen molar-refractivity contribution in [3.05, 3.63) is 18.2 Å². The third-order valence-electron chi connectivity index (χ3n) is 1.69. The summed E-state index contributed by atoms with van der Waals surface area (Å²) in [5, 5.41) is 2.72. The van der Waals surface area contributed by atoms with E-state index in [2.05, 4.69) is 10.3 Å². The maximum absolute atomic E-state index is 11.0. The number of carbonyl (C=O) groups is 1. The molecule has 1 rings (SSSR count). The molecule has 0 bridgehead atoms. The lowest BCUT2D eigenvalue weighted by Crippen LogP contribution is -2.24. The van der Waals surface area contributed by atoms with Crippen LogP contribution in [0.1, 0.15) is 12.2 Å². The number of carbonyl (C=O) groups excluding carboxylic acids is 1. The highest BCUT2D eigenvalue weighted by molar-refractivity contribution is 6.18. The molecule has 1 heterocycles. The predicted octanol–water partition coefficient (Wildman–Crippen LogP) is 0.665.